The van der Waals surface area contributed by atoms with Crippen LogP contribution in [0.3, 0.4) is 0 Å². The molecule has 0 atom stereocenters. The van der Waals surface area contributed by atoms with E-state index in [-0.39, 0.29) is 11.8 Å². The van der Waals surface area contributed by atoms with Crippen molar-refractivity contribution in [3.63, 3.8) is 0 Å². The summed E-state index contributed by atoms with van der Waals surface area (Å²) in [7, 11) is 1.78. The van der Waals surface area contributed by atoms with Gasteiger partial charge in [-0.1, -0.05) is 42.5 Å². The van der Waals surface area contributed by atoms with E-state index in [0.29, 0.717) is 17.8 Å². The topological polar surface area (TPSA) is 49.4 Å². The van der Waals surface area contributed by atoms with Gasteiger partial charge in [0.05, 0.1) is 0 Å². The molecule has 0 radical (unpaired) electrons. The first-order valence-corrected chi connectivity index (χ1v) is 8.14. The zero-order chi connectivity index (χ0) is 17.8. The van der Waals surface area contributed by atoms with Crippen molar-refractivity contribution in [1.82, 2.24) is 4.90 Å². The van der Waals surface area contributed by atoms with Crippen LogP contribution in [-0.2, 0) is 11.3 Å². The first kappa shape index (κ1) is 16.7. The van der Waals surface area contributed by atoms with Crippen LogP contribution in [-0.4, -0.2) is 23.8 Å². The molecular formula is C21H20N2O2. The summed E-state index contributed by atoms with van der Waals surface area (Å²) >= 11 is 0. The van der Waals surface area contributed by atoms with Crippen LogP contribution in [0.15, 0.2) is 66.7 Å². The number of hydrogen-bond donors (Lipinski definition) is 1. The largest absolute Gasteiger partial charge is 0.337 e. The van der Waals surface area contributed by atoms with Crippen molar-refractivity contribution < 1.29 is 9.59 Å². The summed E-state index contributed by atoms with van der Waals surface area (Å²) in [6.07, 6.45) is 0. The van der Waals surface area contributed by atoms with Gasteiger partial charge in [-0.15, -0.1) is 0 Å². The molecule has 3 rings (SSSR count). The fourth-order valence-electron chi connectivity index (χ4n) is 2.84. The first-order chi connectivity index (χ1) is 12.0. The molecule has 1 N–H and O–H groups in total. The average Bonchev–Trinajstić information content (AvgIpc) is 2.60. The lowest BCUT2D eigenvalue weighted by Crippen LogP contribution is -2.26. The molecule has 4 nitrogen and oxygen atoms in total. The highest BCUT2D eigenvalue weighted by atomic mass is 16.2. The molecule has 0 aliphatic rings. The number of nitrogens with one attached hydrogen (secondary N) is 1. The fourth-order valence-corrected chi connectivity index (χ4v) is 2.84. The van der Waals surface area contributed by atoms with E-state index in [4.69, 9.17) is 0 Å². The maximum atomic E-state index is 12.7. The highest BCUT2D eigenvalue weighted by Gasteiger charge is 2.13. The Bertz CT molecular complexity index is 934. The summed E-state index contributed by atoms with van der Waals surface area (Å²) in [4.78, 5) is 25.5. The molecule has 0 spiro atoms. The number of anilines is 1. The quantitative estimate of drug-likeness (QED) is 0.783. The lowest BCUT2D eigenvalue weighted by Gasteiger charge is -2.18. The Hall–Kier alpha value is -3.14. The van der Waals surface area contributed by atoms with Crippen LogP contribution >= 0.6 is 0 Å². The zero-order valence-electron chi connectivity index (χ0n) is 14.3. The second-order valence-corrected chi connectivity index (χ2v) is 6.10. The van der Waals surface area contributed by atoms with Crippen molar-refractivity contribution in [2.24, 2.45) is 0 Å². The molecule has 3 aromatic rings. The van der Waals surface area contributed by atoms with Gasteiger partial charge in [0.1, 0.15) is 0 Å². The van der Waals surface area contributed by atoms with Gasteiger partial charge in [0.2, 0.25) is 5.91 Å². The number of benzene rings is 3. The van der Waals surface area contributed by atoms with E-state index in [9.17, 15) is 9.59 Å². The van der Waals surface area contributed by atoms with Crippen molar-refractivity contribution in [3.8, 4) is 0 Å². The molecule has 2 amide bonds. The number of carbonyl (C=O) groups excluding carboxylic acids is 2. The van der Waals surface area contributed by atoms with E-state index < -0.39 is 0 Å². The first-order valence-electron chi connectivity index (χ1n) is 8.14. The summed E-state index contributed by atoms with van der Waals surface area (Å²) in [5, 5.41) is 5.04. The van der Waals surface area contributed by atoms with Gasteiger partial charge >= 0.3 is 0 Å². The maximum absolute atomic E-state index is 12.7. The predicted molar refractivity (Wildman–Crippen MR) is 100 cm³/mol. The Morgan fingerprint density at radius 2 is 1.68 bits per heavy atom. The minimum atomic E-state index is -0.158. The third kappa shape index (κ3) is 4.04. The standard InChI is InChI=1S/C21H20N2O2/c1-15(24)22-20-9-5-8-19(13-20)21(25)23(2)14-16-10-11-17-6-3-4-7-18(17)12-16/h3-13H,14H2,1-2H3,(H,22,24). The maximum Gasteiger partial charge on any atom is 0.253 e. The van der Waals surface area contributed by atoms with Crippen molar-refractivity contribution in [2.45, 2.75) is 13.5 Å². The van der Waals surface area contributed by atoms with Crippen LogP contribution in [0.2, 0.25) is 0 Å². The second kappa shape index (κ2) is 7.18. The summed E-state index contributed by atoms with van der Waals surface area (Å²) < 4.78 is 0. The van der Waals surface area contributed by atoms with Crippen LogP contribution in [0.25, 0.3) is 10.8 Å². The predicted octanol–water partition coefficient (Wildman–Crippen LogP) is 4.07. The van der Waals surface area contributed by atoms with Crippen LogP contribution in [0.4, 0.5) is 5.69 Å². The number of nitrogens with zero attached hydrogens (tertiary/aromatic N) is 1. The summed E-state index contributed by atoms with van der Waals surface area (Å²) in [5.41, 5.74) is 2.25. The normalized spacial score (nSPS) is 10.5. The monoisotopic (exact) mass is 332 g/mol. The minimum Gasteiger partial charge on any atom is -0.337 e. The lowest BCUT2D eigenvalue weighted by molar-refractivity contribution is -0.114. The smallest absolute Gasteiger partial charge is 0.253 e. The van der Waals surface area contributed by atoms with Crippen LogP contribution < -0.4 is 5.32 Å². The van der Waals surface area contributed by atoms with Crippen LogP contribution in [0.1, 0.15) is 22.8 Å². The molecule has 0 aliphatic heterocycles. The van der Waals surface area contributed by atoms with Gasteiger partial charge in [0.25, 0.3) is 5.91 Å². The van der Waals surface area contributed by atoms with E-state index in [1.807, 2.05) is 18.2 Å². The number of hydrogen-bond acceptors (Lipinski definition) is 2. The number of amides is 2. The van der Waals surface area contributed by atoms with Gasteiger partial charge in [0.15, 0.2) is 0 Å². The number of fused-ring (bicyclic) bond motifs is 1. The van der Waals surface area contributed by atoms with Crippen molar-refractivity contribution in [3.05, 3.63) is 77.9 Å². The molecule has 0 saturated heterocycles. The highest BCUT2D eigenvalue weighted by molar-refractivity contribution is 5.96. The van der Waals surface area contributed by atoms with Gasteiger partial charge in [-0.25, -0.2) is 0 Å². The molecule has 4 heteroatoms. The van der Waals surface area contributed by atoms with Crippen molar-refractivity contribution in [2.75, 3.05) is 12.4 Å². The number of carbonyl (C=O) groups is 2. The van der Waals surface area contributed by atoms with Gasteiger partial charge in [-0.3, -0.25) is 9.59 Å². The Morgan fingerprint density at radius 1 is 0.920 bits per heavy atom. The summed E-state index contributed by atoms with van der Waals surface area (Å²) in [5.74, 6) is -0.241. The lowest BCUT2D eigenvalue weighted by atomic mass is 10.1. The van der Waals surface area contributed by atoms with Gasteiger partial charge in [-0.05, 0) is 40.6 Å². The highest BCUT2D eigenvalue weighted by Crippen LogP contribution is 2.18. The molecule has 3 aromatic carbocycles. The van der Waals surface area contributed by atoms with Gasteiger partial charge < -0.3 is 10.2 Å². The molecule has 0 bridgehead atoms. The van der Waals surface area contributed by atoms with Crippen LogP contribution in [0, 0.1) is 0 Å². The molecule has 0 saturated carbocycles. The summed E-state index contributed by atoms with van der Waals surface area (Å²) in [6, 6.07) is 21.4. The molecule has 0 unspecified atom stereocenters. The average molecular weight is 332 g/mol. The molecule has 25 heavy (non-hydrogen) atoms. The Balaban J connectivity index is 1.76. The van der Waals surface area contributed by atoms with Gasteiger partial charge in [-0.2, -0.15) is 0 Å². The molecule has 0 heterocycles. The molecular weight excluding hydrogens is 312 g/mol. The van der Waals surface area contributed by atoms with E-state index >= 15 is 0 Å². The zero-order valence-corrected chi connectivity index (χ0v) is 14.3. The minimum absolute atomic E-state index is 0.0830. The van der Waals surface area contributed by atoms with E-state index in [1.54, 1.807) is 36.2 Å². The Kier molecular flexibility index (Phi) is 4.80. The van der Waals surface area contributed by atoms with Crippen molar-refractivity contribution in [1.29, 1.82) is 0 Å². The second-order valence-electron chi connectivity index (χ2n) is 6.10. The molecule has 126 valence electrons. The summed E-state index contributed by atoms with van der Waals surface area (Å²) in [6.45, 7) is 1.97. The Labute approximate surface area is 147 Å². The third-order valence-electron chi connectivity index (χ3n) is 4.01. The molecule has 0 fully saturated rings. The molecule has 0 aliphatic carbocycles. The van der Waals surface area contributed by atoms with Crippen LogP contribution in [0.5, 0.6) is 0 Å². The SMILES string of the molecule is CC(=O)Nc1cccc(C(=O)N(C)Cc2ccc3ccccc3c2)c1. The number of rotatable bonds is 4. The third-order valence-corrected chi connectivity index (χ3v) is 4.01. The van der Waals surface area contributed by atoms with Gasteiger partial charge in [0, 0.05) is 31.8 Å². The molecule has 0 aromatic heterocycles. The van der Waals surface area contributed by atoms with E-state index in [0.717, 1.165) is 10.9 Å². The van der Waals surface area contributed by atoms with E-state index in [1.165, 1.54) is 12.3 Å². The fraction of sp³-hybridized carbons (Fsp3) is 0.143. The van der Waals surface area contributed by atoms with E-state index in [2.05, 4.69) is 29.6 Å². The Morgan fingerprint density at radius 3 is 2.44 bits per heavy atom. The van der Waals surface area contributed by atoms with Crippen molar-refractivity contribution >= 4 is 28.3 Å².